The normalized spacial score (nSPS) is 18.8. The summed E-state index contributed by atoms with van der Waals surface area (Å²) in [5, 5.41) is 4.34. The van der Waals surface area contributed by atoms with Gasteiger partial charge in [0.15, 0.2) is 0 Å². The fourth-order valence-corrected chi connectivity index (χ4v) is 3.33. The maximum absolute atomic E-state index is 12.5. The van der Waals surface area contributed by atoms with E-state index in [1.54, 1.807) is 6.20 Å². The molecule has 1 atom stereocenters. The Balaban J connectivity index is 1.99. The molecule has 21 heavy (non-hydrogen) atoms. The van der Waals surface area contributed by atoms with E-state index in [2.05, 4.69) is 32.9 Å². The minimum atomic E-state index is -0.114. The minimum absolute atomic E-state index is 0.114. The van der Waals surface area contributed by atoms with Crippen molar-refractivity contribution in [3.8, 4) is 5.69 Å². The fourth-order valence-electron chi connectivity index (χ4n) is 2.81. The molecule has 5 heteroatoms. The maximum Gasteiger partial charge on any atom is 0.287 e. The van der Waals surface area contributed by atoms with Gasteiger partial charge in [-0.05, 0) is 46.8 Å². The number of hydrogen-bond donors (Lipinski definition) is 0. The summed E-state index contributed by atoms with van der Waals surface area (Å²) in [6.07, 6.45) is 4.20. The number of para-hydroxylation sites is 1. The molecular formula is C16H18BrN3O. The number of piperidine rings is 1. The molecular weight excluding hydrogens is 330 g/mol. The summed E-state index contributed by atoms with van der Waals surface area (Å²) in [4.78, 5) is 14.8. The van der Waals surface area contributed by atoms with Crippen molar-refractivity contribution in [1.29, 1.82) is 0 Å². The van der Waals surface area contributed by atoms with Gasteiger partial charge < -0.3 is 4.90 Å². The highest BCUT2D eigenvalue weighted by molar-refractivity contribution is 9.10. The highest BCUT2D eigenvalue weighted by atomic mass is 79.9. The molecule has 3 rings (SSSR count). The van der Waals surface area contributed by atoms with E-state index in [0.29, 0.717) is 10.4 Å². The summed E-state index contributed by atoms with van der Waals surface area (Å²) < 4.78 is 2.02. The zero-order chi connectivity index (χ0) is 14.8. The molecule has 0 amide bonds. The van der Waals surface area contributed by atoms with Crippen LogP contribution in [0.15, 0.2) is 45.8 Å². The largest absolute Gasteiger partial charge is 0.369 e. The number of benzene rings is 1. The summed E-state index contributed by atoms with van der Waals surface area (Å²) in [5.74, 6) is 0.655. The third-order valence-electron chi connectivity index (χ3n) is 3.90. The van der Waals surface area contributed by atoms with Gasteiger partial charge in [-0.3, -0.25) is 4.79 Å². The molecule has 1 saturated heterocycles. The highest BCUT2D eigenvalue weighted by Crippen LogP contribution is 2.27. The maximum atomic E-state index is 12.5. The second-order valence-electron chi connectivity index (χ2n) is 5.59. The fraction of sp³-hybridized carbons (Fsp3) is 0.375. The van der Waals surface area contributed by atoms with Gasteiger partial charge in [0.1, 0.15) is 4.47 Å². The standard InChI is InChI=1S/C16H18BrN3O/c1-12-6-5-9-19(11-12)14-10-18-20(16(21)15(14)17)13-7-3-2-4-8-13/h2-4,7-8,10,12H,5-6,9,11H2,1H3/t12-/m1/s1. The predicted molar refractivity (Wildman–Crippen MR) is 88.1 cm³/mol. The molecule has 0 unspecified atom stereocenters. The average molecular weight is 348 g/mol. The summed E-state index contributed by atoms with van der Waals surface area (Å²) >= 11 is 3.47. The third-order valence-corrected chi connectivity index (χ3v) is 4.64. The molecule has 2 heterocycles. The molecule has 0 radical (unpaired) electrons. The first kappa shape index (κ1) is 14.3. The van der Waals surface area contributed by atoms with Gasteiger partial charge in [0, 0.05) is 13.1 Å². The molecule has 1 aliphatic heterocycles. The average Bonchev–Trinajstić information content (AvgIpc) is 2.51. The molecule has 0 saturated carbocycles. The number of aromatic nitrogens is 2. The van der Waals surface area contributed by atoms with Crippen LogP contribution in [0.2, 0.25) is 0 Å². The van der Waals surface area contributed by atoms with Gasteiger partial charge in [0.25, 0.3) is 5.56 Å². The van der Waals surface area contributed by atoms with Crippen LogP contribution in [0.4, 0.5) is 5.69 Å². The first-order valence-corrected chi connectivity index (χ1v) is 8.04. The van der Waals surface area contributed by atoms with Gasteiger partial charge in [-0.25, -0.2) is 0 Å². The number of nitrogens with zero attached hydrogens (tertiary/aromatic N) is 3. The third kappa shape index (κ3) is 2.88. The molecule has 1 aliphatic rings. The van der Waals surface area contributed by atoms with E-state index in [1.165, 1.54) is 11.1 Å². The second kappa shape index (κ2) is 6.02. The van der Waals surface area contributed by atoms with Gasteiger partial charge in [-0.1, -0.05) is 25.1 Å². The Kier molecular flexibility index (Phi) is 4.10. The van der Waals surface area contributed by atoms with Crippen molar-refractivity contribution < 1.29 is 0 Å². The molecule has 0 spiro atoms. The summed E-state index contributed by atoms with van der Waals surface area (Å²) in [6, 6.07) is 9.48. The lowest BCUT2D eigenvalue weighted by atomic mass is 10.00. The van der Waals surface area contributed by atoms with Gasteiger partial charge in [0.2, 0.25) is 0 Å². The molecule has 0 N–H and O–H groups in total. The molecule has 0 bridgehead atoms. The Labute approximate surface area is 132 Å². The second-order valence-corrected chi connectivity index (χ2v) is 6.38. The number of anilines is 1. The van der Waals surface area contributed by atoms with Crippen LogP contribution in [0, 0.1) is 5.92 Å². The van der Waals surface area contributed by atoms with Crippen molar-refractivity contribution in [3.05, 3.63) is 51.4 Å². The van der Waals surface area contributed by atoms with Crippen LogP contribution in [-0.4, -0.2) is 22.9 Å². The molecule has 110 valence electrons. The van der Waals surface area contributed by atoms with Crippen molar-refractivity contribution in [2.24, 2.45) is 5.92 Å². The lowest BCUT2D eigenvalue weighted by Crippen LogP contribution is -2.36. The minimum Gasteiger partial charge on any atom is -0.369 e. The van der Waals surface area contributed by atoms with Crippen LogP contribution in [0.5, 0.6) is 0 Å². The van der Waals surface area contributed by atoms with Crippen LogP contribution in [-0.2, 0) is 0 Å². The van der Waals surface area contributed by atoms with Crippen LogP contribution < -0.4 is 10.5 Å². The van der Waals surface area contributed by atoms with Crippen molar-refractivity contribution >= 4 is 21.6 Å². The molecule has 0 aliphatic carbocycles. The van der Waals surface area contributed by atoms with Crippen LogP contribution in [0.3, 0.4) is 0 Å². The van der Waals surface area contributed by atoms with Gasteiger partial charge in [-0.2, -0.15) is 9.78 Å². The van der Waals surface area contributed by atoms with E-state index in [4.69, 9.17) is 0 Å². The van der Waals surface area contributed by atoms with E-state index in [1.807, 2.05) is 30.3 Å². The Morgan fingerprint density at radius 2 is 2.05 bits per heavy atom. The molecule has 1 aromatic heterocycles. The molecule has 4 nitrogen and oxygen atoms in total. The Bertz CT molecular complexity index is 684. The Hall–Kier alpha value is -1.62. The van der Waals surface area contributed by atoms with Crippen molar-refractivity contribution in [2.45, 2.75) is 19.8 Å². The molecule has 2 aromatic rings. The van der Waals surface area contributed by atoms with Gasteiger partial charge >= 0.3 is 0 Å². The van der Waals surface area contributed by atoms with Crippen molar-refractivity contribution in [3.63, 3.8) is 0 Å². The lowest BCUT2D eigenvalue weighted by Gasteiger charge is -2.33. The van der Waals surface area contributed by atoms with Crippen LogP contribution in [0.25, 0.3) is 5.69 Å². The topological polar surface area (TPSA) is 38.1 Å². The Morgan fingerprint density at radius 3 is 2.76 bits per heavy atom. The zero-order valence-corrected chi connectivity index (χ0v) is 13.6. The predicted octanol–water partition coefficient (Wildman–Crippen LogP) is 3.23. The summed E-state index contributed by atoms with van der Waals surface area (Å²) in [6.45, 7) is 4.22. The first-order valence-electron chi connectivity index (χ1n) is 7.25. The van der Waals surface area contributed by atoms with E-state index < -0.39 is 0 Å². The van der Waals surface area contributed by atoms with E-state index >= 15 is 0 Å². The number of rotatable bonds is 2. The van der Waals surface area contributed by atoms with Crippen LogP contribution in [0.1, 0.15) is 19.8 Å². The molecule has 1 fully saturated rings. The SMILES string of the molecule is C[C@@H]1CCCN(c2cnn(-c3ccccc3)c(=O)c2Br)C1. The van der Waals surface area contributed by atoms with Crippen molar-refractivity contribution in [1.82, 2.24) is 9.78 Å². The Morgan fingerprint density at radius 1 is 1.29 bits per heavy atom. The summed E-state index contributed by atoms with van der Waals surface area (Å²) in [7, 11) is 0. The molecule has 1 aromatic carbocycles. The number of halogens is 1. The highest BCUT2D eigenvalue weighted by Gasteiger charge is 2.21. The van der Waals surface area contributed by atoms with E-state index in [9.17, 15) is 4.79 Å². The summed E-state index contributed by atoms with van der Waals surface area (Å²) in [5.41, 5.74) is 1.57. The monoisotopic (exact) mass is 347 g/mol. The van der Waals surface area contributed by atoms with Gasteiger partial charge in [0.05, 0.1) is 17.6 Å². The van der Waals surface area contributed by atoms with E-state index in [0.717, 1.165) is 30.9 Å². The van der Waals surface area contributed by atoms with E-state index in [-0.39, 0.29) is 5.56 Å². The van der Waals surface area contributed by atoms with Crippen LogP contribution >= 0.6 is 15.9 Å². The smallest absolute Gasteiger partial charge is 0.287 e. The lowest BCUT2D eigenvalue weighted by molar-refractivity contribution is 0.445. The quantitative estimate of drug-likeness (QED) is 0.836. The zero-order valence-electron chi connectivity index (χ0n) is 12.0. The van der Waals surface area contributed by atoms with Gasteiger partial charge in [-0.15, -0.1) is 0 Å². The number of hydrogen-bond acceptors (Lipinski definition) is 3. The first-order chi connectivity index (χ1) is 10.2. The van der Waals surface area contributed by atoms with Crippen molar-refractivity contribution in [2.75, 3.05) is 18.0 Å².